The molecule has 0 aliphatic rings. The topological polar surface area (TPSA) is 12.0 Å². The molecular formula is C20H27N. The largest absolute Gasteiger partial charge is 0.306 e. The van der Waals surface area contributed by atoms with Crippen molar-refractivity contribution in [3.8, 4) is 0 Å². The Morgan fingerprint density at radius 1 is 0.905 bits per heavy atom. The zero-order valence-corrected chi connectivity index (χ0v) is 13.5. The van der Waals surface area contributed by atoms with Crippen molar-refractivity contribution in [1.82, 2.24) is 5.32 Å². The van der Waals surface area contributed by atoms with E-state index in [9.17, 15) is 0 Å². The van der Waals surface area contributed by atoms with Crippen molar-refractivity contribution in [3.63, 3.8) is 0 Å². The first kappa shape index (κ1) is 15.8. The van der Waals surface area contributed by atoms with Crippen LogP contribution in [0.5, 0.6) is 0 Å². The molecule has 0 heterocycles. The van der Waals surface area contributed by atoms with Crippen LogP contribution >= 0.6 is 0 Å². The van der Waals surface area contributed by atoms with Gasteiger partial charge in [0.05, 0.1) is 6.04 Å². The molecule has 2 aromatic carbocycles. The smallest absolute Gasteiger partial charge is 0.0576 e. The summed E-state index contributed by atoms with van der Waals surface area (Å²) in [6.07, 6.45) is 3.50. The molecule has 0 aliphatic carbocycles. The van der Waals surface area contributed by atoms with Crippen LogP contribution in [0.4, 0.5) is 0 Å². The maximum atomic E-state index is 3.70. The minimum atomic E-state index is 0.293. The van der Waals surface area contributed by atoms with E-state index in [-0.39, 0.29) is 0 Å². The van der Waals surface area contributed by atoms with Crippen LogP contribution in [-0.4, -0.2) is 6.54 Å². The highest BCUT2D eigenvalue weighted by Crippen LogP contribution is 2.24. The molecule has 1 N–H and O–H groups in total. The van der Waals surface area contributed by atoms with Crippen molar-refractivity contribution in [2.75, 3.05) is 6.54 Å². The molecule has 112 valence electrons. The van der Waals surface area contributed by atoms with E-state index in [4.69, 9.17) is 0 Å². The number of hydrogen-bond acceptors (Lipinski definition) is 1. The van der Waals surface area contributed by atoms with Gasteiger partial charge in [-0.2, -0.15) is 0 Å². The van der Waals surface area contributed by atoms with E-state index >= 15 is 0 Å². The summed E-state index contributed by atoms with van der Waals surface area (Å²) in [4.78, 5) is 0. The van der Waals surface area contributed by atoms with E-state index in [1.807, 2.05) is 0 Å². The van der Waals surface area contributed by atoms with Crippen LogP contribution in [0.3, 0.4) is 0 Å². The van der Waals surface area contributed by atoms with Crippen LogP contribution in [0.1, 0.15) is 55.0 Å². The second kappa shape index (κ2) is 7.99. The van der Waals surface area contributed by atoms with Crippen molar-refractivity contribution in [3.05, 3.63) is 70.8 Å². The standard InChI is InChI=1S/C20H27N/c1-4-8-17-10-7-12-19(15-17)20(21-13-5-2)18-11-6-9-16(3)14-18/h6-7,9-12,14-15,20-21H,4-5,8,13H2,1-3H3. The third-order valence-electron chi connectivity index (χ3n) is 3.80. The molecule has 1 unspecified atom stereocenters. The zero-order valence-electron chi connectivity index (χ0n) is 13.5. The highest BCUT2D eigenvalue weighted by molar-refractivity contribution is 5.36. The van der Waals surface area contributed by atoms with E-state index in [2.05, 4.69) is 74.6 Å². The number of benzene rings is 2. The molecule has 0 amide bonds. The Balaban J connectivity index is 2.33. The first-order valence-electron chi connectivity index (χ1n) is 8.13. The first-order chi connectivity index (χ1) is 10.2. The van der Waals surface area contributed by atoms with Crippen LogP contribution in [0.25, 0.3) is 0 Å². The van der Waals surface area contributed by atoms with Crippen LogP contribution in [0, 0.1) is 6.92 Å². The van der Waals surface area contributed by atoms with Gasteiger partial charge in [-0.1, -0.05) is 74.4 Å². The zero-order chi connectivity index (χ0) is 15.1. The Hall–Kier alpha value is -1.60. The molecule has 0 radical (unpaired) electrons. The molecule has 1 nitrogen and oxygen atoms in total. The molecule has 0 aromatic heterocycles. The van der Waals surface area contributed by atoms with Crippen LogP contribution < -0.4 is 5.32 Å². The van der Waals surface area contributed by atoms with Gasteiger partial charge in [0, 0.05) is 0 Å². The Morgan fingerprint density at radius 2 is 1.62 bits per heavy atom. The number of hydrogen-bond donors (Lipinski definition) is 1. The molecule has 0 bridgehead atoms. The van der Waals surface area contributed by atoms with E-state index in [0.29, 0.717) is 6.04 Å². The fourth-order valence-electron chi connectivity index (χ4n) is 2.78. The molecular weight excluding hydrogens is 254 g/mol. The van der Waals surface area contributed by atoms with Crippen molar-refractivity contribution in [2.24, 2.45) is 0 Å². The fourth-order valence-corrected chi connectivity index (χ4v) is 2.78. The van der Waals surface area contributed by atoms with Gasteiger partial charge < -0.3 is 5.32 Å². The molecule has 0 aliphatic heterocycles. The second-order valence-corrected chi connectivity index (χ2v) is 5.80. The molecule has 1 atom stereocenters. The van der Waals surface area contributed by atoms with Crippen molar-refractivity contribution >= 4 is 0 Å². The molecule has 0 saturated heterocycles. The average Bonchev–Trinajstić information content (AvgIpc) is 2.49. The van der Waals surface area contributed by atoms with Crippen LogP contribution in [0.2, 0.25) is 0 Å². The summed E-state index contributed by atoms with van der Waals surface area (Å²) in [7, 11) is 0. The highest BCUT2D eigenvalue weighted by Gasteiger charge is 2.13. The number of rotatable bonds is 7. The lowest BCUT2D eigenvalue weighted by Gasteiger charge is -2.21. The fraction of sp³-hybridized carbons (Fsp3) is 0.400. The minimum absolute atomic E-state index is 0.293. The van der Waals surface area contributed by atoms with Crippen LogP contribution in [0.15, 0.2) is 48.5 Å². The van der Waals surface area contributed by atoms with Gasteiger partial charge in [0.2, 0.25) is 0 Å². The predicted molar refractivity (Wildman–Crippen MR) is 91.8 cm³/mol. The molecule has 1 heteroatoms. The van der Waals surface area contributed by atoms with Gasteiger partial charge in [-0.3, -0.25) is 0 Å². The lowest BCUT2D eigenvalue weighted by molar-refractivity contribution is 0.597. The van der Waals surface area contributed by atoms with E-state index in [0.717, 1.165) is 19.4 Å². The lowest BCUT2D eigenvalue weighted by atomic mass is 9.95. The molecule has 0 fully saturated rings. The first-order valence-corrected chi connectivity index (χ1v) is 8.13. The van der Waals surface area contributed by atoms with E-state index in [1.54, 1.807) is 0 Å². The summed E-state index contributed by atoms with van der Waals surface area (Å²) in [5.41, 5.74) is 5.49. The van der Waals surface area contributed by atoms with E-state index in [1.165, 1.54) is 28.7 Å². The minimum Gasteiger partial charge on any atom is -0.306 e. The second-order valence-electron chi connectivity index (χ2n) is 5.80. The van der Waals surface area contributed by atoms with Crippen LogP contribution in [-0.2, 0) is 6.42 Å². The number of nitrogens with one attached hydrogen (secondary N) is 1. The average molecular weight is 281 g/mol. The summed E-state index contributed by atoms with van der Waals surface area (Å²) in [6, 6.07) is 18.2. The summed E-state index contributed by atoms with van der Waals surface area (Å²) >= 11 is 0. The Kier molecular flexibility index (Phi) is 6.01. The normalized spacial score (nSPS) is 12.3. The molecule has 2 aromatic rings. The van der Waals surface area contributed by atoms with Gasteiger partial charge in [0.25, 0.3) is 0 Å². The molecule has 0 saturated carbocycles. The van der Waals surface area contributed by atoms with Gasteiger partial charge in [-0.15, -0.1) is 0 Å². The van der Waals surface area contributed by atoms with Crippen molar-refractivity contribution in [1.29, 1.82) is 0 Å². The SMILES string of the molecule is CCCNC(c1cccc(C)c1)c1cccc(CCC)c1. The summed E-state index contributed by atoms with van der Waals surface area (Å²) in [6.45, 7) is 7.65. The Labute approximate surface area is 129 Å². The lowest BCUT2D eigenvalue weighted by Crippen LogP contribution is -2.23. The quantitative estimate of drug-likeness (QED) is 0.750. The van der Waals surface area contributed by atoms with Crippen molar-refractivity contribution < 1.29 is 0 Å². The summed E-state index contributed by atoms with van der Waals surface area (Å²) in [5, 5.41) is 3.70. The van der Waals surface area contributed by atoms with Gasteiger partial charge in [-0.05, 0) is 43.0 Å². The molecule has 21 heavy (non-hydrogen) atoms. The van der Waals surface area contributed by atoms with Gasteiger partial charge in [0.1, 0.15) is 0 Å². The Bertz CT molecular complexity index is 559. The van der Waals surface area contributed by atoms with Gasteiger partial charge in [0.15, 0.2) is 0 Å². The predicted octanol–water partition coefficient (Wildman–Crippen LogP) is 5.04. The molecule has 0 spiro atoms. The third-order valence-corrected chi connectivity index (χ3v) is 3.80. The third kappa shape index (κ3) is 4.44. The van der Waals surface area contributed by atoms with E-state index < -0.39 is 0 Å². The summed E-state index contributed by atoms with van der Waals surface area (Å²) in [5.74, 6) is 0. The monoisotopic (exact) mass is 281 g/mol. The van der Waals surface area contributed by atoms with Gasteiger partial charge >= 0.3 is 0 Å². The van der Waals surface area contributed by atoms with Gasteiger partial charge in [-0.25, -0.2) is 0 Å². The van der Waals surface area contributed by atoms with Crippen molar-refractivity contribution in [2.45, 2.75) is 46.1 Å². The number of aryl methyl sites for hydroxylation is 2. The maximum Gasteiger partial charge on any atom is 0.0576 e. The Morgan fingerprint density at radius 3 is 2.29 bits per heavy atom. The highest BCUT2D eigenvalue weighted by atomic mass is 14.9. The maximum absolute atomic E-state index is 3.70. The molecule has 2 rings (SSSR count). The summed E-state index contributed by atoms with van der Waals surface area (Å²) < 4.78 is 0.